The van der Waals surface area contributed by atoms with Gasteiger partial charge in [0.15, 0.2) is 0 Å². The van der Waals surface area contributed by atoms with E-state index in [1.54, 1.807) is 32.5 Å². The van der Waals surface area contributed by atoms with Gasteiger partial charge in [-0.15, -0.1) is 0 Å². The molecule has 1 saturated heterocycles. The summed E-state index contributed by atoms with van der Waals surface area (Å²) in [5, 5.41) is 4.38. The molecule has 0 saturated carbocycles. The van der Waals surface area contributed by atoms with Crippen LogP contribution in [0.1, 0.15) is 12.8 Å². The molecule has 0 atom stereocenters. The molecule has 0 amide bonds. The third kappa shape index (κ3) is 4.22. The normalized spacial score (nSPS) is 14.1. The molecule has 2 aromatic heterocycles. The van der Waals surface area contributed by atoms with Gasteiger partial charge in [0, 0.05) is 24.7 Å². The first-order valence-electron chi connectivity index (χ1n) is 11.4. The molecule has 0 spiro atoms. The summed E-state index contributed by atoms with van der Waals surface area (Å²) < 4.78 is 12.8. The second-order valence-electron chi connectivity index (χ2n) is 8.48. The van der Waals surface area contributed by atoms with E-state index in [0.717, 1.165) is 18.0 Å². The first kappa shape index (κ1) is 22.0. The number of aromatic nitrogens is 3. The van der Waals surface area contributed by atoms with Crippen LogP contribution in [0.3, 0.4) is 0 Å². The van der Waals surface area contributed by atoms with Gasteiger partial charge < -0.3 is 25.1 Å². The van der Waals surface area contributed by atoms with Gasteiger partial charge in [-0.25, -0.2) is 9.97 Å². The average molecular weight is 461 g/mol. The quantitative estimate of drug-likeness (QED) is 0.320. The van der Waals surface area contributed by atoms with Crippen LogP contribution in [0.15, 0.2) is 47.4 Å². The number of nitrogen functional groups attached to an aromatic ring is 1. The van der Waals surface area contributed by atoms with Crippen LogP contribution >= 0.6 is 0 Å². The lowest BCUT2D eigenvalue weighted by molar-refractivity contribution is 0.238. The molecule has 0 aliphatic carbocycles. The predicted molar refractivity (Wildman–Crippen MR) is 134 cm³/mol. The van der Waals surface area contributed by atoms with Crippen LogP contribution in [0, 0.1) is 0 Å². The number of nitrogens with zero attached hydrogens (tertiary/aromatic N) is 4. The summed E-state index contributed by atoms with van der Waals surface area (Å²) in [6, 6.07) is 11.1. The number of benzene rings is 2. The van der Waals surface area contributed by atoms with E-state index in [9.17, 15) is 4.79 Å². The number of hydrogen-bond donors (Lipinski definition) is 2. The Labute approximate surface area is 197 Å². The van der Waals surface area contributed by atoms with Crippen molar-refractivity contribution in [2.45, 2.75) is 12.8 Å². The van der Waals surface area contributed by atoms with Crippen molar-refractivity contribution in [1.82, 2.24) is 19.4 Å². The van der Waals surface area contributed by atoms with Crippen molar-refractivity contribution in [3.63, 3.8) is 0 Å². The lowest BCUT2D eigenvalue weighted by atomic mass is 10.1. The summed E-state index contributed by atoms with van der Waals surface area (Å²) in [5.74, 6) is 1.75. The van der Waals surface area contributed by atoms with E-state index in [-0.39, 0.29) is 5.56 Å². The number of fused-ring (bicyclic) bond motifs is 3. The maximum absolute atomic E-state index is 12.8. The second kappa shape index (κ2) is 9.18. The second-order valence-corrected chi connectivity index (χ2v) is 8.48. The molecule has 176 valence electrons. The molecule has 0 radical (unpaired) electrons. The van der Waals surface area contributed by atoms with Gasteiger partial charge in [-0.1, -0.05) is 0 Å². The number of nitrogens with two attached hydrogens (primary N) is 1. The van der Waals surface area contributed by atoms with Gasteiger partial charge in [0.25, 0.3) is 5.56 Å². The molecule has 4 aromatic rings. The van der Waals surface area contributed by atoms with Crippen LogP contribution in [-0.4, -0.2) is 52.8 Å². The van der Waals surface area contributed by atoms with E-state index in [1.807, 2.05) is 24.3 Å². The highest BCUT2D eigenvalue weighted by atomic mass is 16.5. The Morgan fingerprint density at radius 2 is 1.88 bits per heavy atom. The highest BCUT2D eigenvalue weighted by molar-refractivity contribution is 6.05. The van der Waals surface area contributed by atoms with Crippen LogP contribution in [0.5, 0.6) is 11.5 Å². The van der Waals surface area contributed by atoms with E-state index >= 15 is 0 Å². The lowest BCUT2D eigenvalue weighted by Gasteiger charge is -2.15. The van der Waals surface area contributed by atoms with Crippen LogP contribution in [0.25, 0.3) is 21.8 Å². The van der Waals surface area contributed by atoms with Gasteiger partial charge >= 0.3 is 0 Å². The van der Waals surface area contributed by atoms with Crippen molar-refractivity contribution in [3.05, 3.63) is 52.9 Å². The maximum atomic E-state index is 12.8. The fourth-order valence-corrected chi connectivity index (χ4v) is 4.38. The number of anilines is 3. The van der Waals surface area contributed by atoms with Crippen molar-refractivity contribution >= 4 is 39.1 Å². The Morgan fingerprint density at radius 1 is 1.12 bits per heavy atom. The Morgan fingerprint density at radius 3 is 2.62 bits per heavy atom. The summed E-state index contributed by atoms with van der Waals surface area (Å²) in [4.78, 5) is 24.4. The standard InChI is InChI=1S/C25H28N6O3/c1-30-21-15-27-25(29-23(21)18-14-22(33-2)20(26)13-19(18)24(30)32)28-16-5-7-17(8-6-16)34-12-11-31-9-3-4-10-31/h5-8,13-15H,3-4,9-12,26H2,1-2H3,(H,27,28,29). The molecule has 5 rings (SSSR count). The number of nitrogens with one attached hydrogen (secondary N) is 1. The monoisotopic (exact) mass is 460 g/mol. The van der Waals surface area contributed by atoms with Crippen molar-refractivity contribution in [3.8, 4) is 11.5 Å². The average Bonchev–Trinajstić information content (AvgIpc) is 3.37. The molecular weight excluding hydrogens is 432 g/mol. The van der Waals surface area contributed by atoms with Gasteiger partial charge in [0.1, 0.15) is 23.6 Å². The molecule has 34 heavy (non-hydrogen) atoms. The first-order chi connectivity index (χ1) is 16.5. The molecule has 9 heteroatoms. The van der Waals surface area contributed by atoms with E-state index in [0.29, 0.717) is 45.8 Å². The summed E-state index contributed by atoms with van der Waals surface area (Å²) in [5.41, 5.74) is 8.37. The number of hydrogen-bond acceptors (Lipinski definition) is 8. The Kier molecular flexibility index (Phi) is 5.93. The predicted octanol–water partition coefficient (Wildman–Crippen LogP) is 3.29. The van der Waals surface area contributed by atoms with E-state index in [4.69, 9.17) is 20.2 Å². The number of pyridine rings is 1. The third-order valence-corrected chi connectivity index (χ3v) is 6.28. The number of methoxy groups -OCH3 is 1. The molecule has 1 aliphatic rings. The number of aryl methyl sites for hydroxylation is 1. The topological polar surface area (TPSA) is 108 Å². The SMILES string of the molecule is COc1cc2c(cc1N)c(=O)n(C)c1cnc(Nc3ccc(OCCN4CCCC4)cc3)nc21. The van der Waals surface area contributed by atoms with Crippen LogP contribution < -0.4 is 26.1 Å². The molecule has 2 aromatic carbocycles. The van der Waals surface area contributed by atoms with E-state index in [1.165, 1.54) is 30.5 Å². The van der Waals surface area contributed by atoms with Crippen LogP contribution in [0.2, 0.25) is 0 Å². The van der Waals surface area contributed by atoms with E-state index < -0.39 is 0 Å². The molecule has 0 bridgehead atoms. The summed E-state index contributed by atoms with van der Waals surface area (Å²) >= 11 is 0. The number of likely N-dealkylation sites (tertiary alicyclic amines) is 1. The van der Waals surface area contributed by atoms with Crippen LogP contribution in [0.4, 0.5) is 17.3 Å². The molecule has 1 aliphatic heterocycles. The molecule has 9 nitrogen and oxygen atoms in total. The number of rotatable bonds is 7. The van der Waals surface area contributed by atoms with Gasteiger partial charge in [-0.3, -0.25) is 9.69 Å². The zero-order valence-electron chi connectivity index (χ0n) is 19.4. The molecule has 3 N–H and O–H groups in total. The van der Waals surface area contributed by atoms with Crippen LogP contribution in [-0.2, 0) is 7.05 Å². The van der Waals surface area contributed by atoms with E-state index in [2.05, 4.69) is 15.2 Å². The summed E-state index contributed by atoms with van der Waals surface area (Å²) in [6.45, 7) is 3.97. The van der Waals surface area contributed by atoms with Crippen molar-refractivity contribution in [2.75, 3.05) is 44.4 Å². The minimum Gasteiger partial charge on any atom is -0.495 e. The third-order valence-electron chi connectivity index (χ3n) is 6.28. The largest absolute Gasteiger partial charge is 0.495 e. The Hall–Kier alpha value is -3.85. The smallest absolute Gasteiger partial charge is 0.258 e. The lowest BCUT2D eigenvalue weighted by Crippen LogP contribution is -2.25. The first-order valence-corrected chi connectivity index (χ1v) is 11.4. The van der Waals surface area contributed by atoms with Gasteiger partial charge in [0.2, 0.25) is 5.95 Å². The van der Waals surface area contributed by atoms with Crippen molar-refractivity contribution in [1.29, 1.82) is 0 Å². The minimum absolute atomic E-state index is 0.165. The summed E-state index contributed by atoms with van der Waals surface area (Å²) in [6.07, 6.45) is 4.21. The van der Waals surface area contributed by atoms with Crippen molar-refractivity contribution < 1.29 is 9.47 Å². The molecule has 1 fully saturated rings. The van der Waals surface area contributed by atoms with Gasteiger partial charge in [-0.2, -0.15) is 0 Å². The van der Waals surface area contributed by atoms with Gasteiger partial charge in [-0.05, 0) is 62.3 Å². The fourth-order valence-electron chi connectivity index (χ4n) is 4.38. The number of ether oxygens (including phenoxy) is 2. The zero-order chi connectivity index (χ0) is 23.7. The Bertz CT molecular complexity index is 1390. The zero-order valence-corrected chi connectivity index (χ0v) is 19.4. The fraction of sp³-hybridized carbons (Fsp3) is 0.320. The highest BCUT2D eigenvalue weighted by Gasteiger charge is 2.15. The molecule has 3 heterocycles. The summed E-state index contributed by atoms with van der Waals surface area (Å²) in [7, 11) is 3.24. The maximum Gasteiger partial charge on any atom is 0.258 e. The van der Waals surface area contributed by atoms with Gasteiger partial charge in [0.05, 0.1) is 29.9 Å². The molecule has 0 unspecified atom stereocenters. The molecular formula is C25H28N6O3. The Balaban J connectivity index is 1.39. The minimum atomic E-state index is -0.165. The highest BCUT2D eigenvalue weighted by Crippen LogP contribution is 2.30. The van der Waals surface area contributed by atoms with Crippen molar-refractivity contribution in [2.24, 2.45) is 7.05 Å².